The third-order valence-electron chi connectivity index (χ3n) is 6.10. The Balaban J connectivity index is 1.74. The summed E-state index contributed by atoms with van der Waals surface area (Å²) in [5.74, 6) is -0.489. The first kappa shape index (κ1) is 23.0. The number of rotatable bonds is 6. The summed E-state index contributed by atoms with van der Waals surface area (Å²) < 4.78 is 15.3. The number of aryl methyl sites for hydroxylation is 2. The molecule has 3 aromatic carbocycles. The van der Waals surface area contributed by atoms with E-state index in [-0.39, 0.29) is 17.3 Å². The minimum Gasteiger partial charge on any atom is -0.411 e. The molecule has 0 saturated heterocycles. The predicted molar refractivity (Wildman–Crippen MR) is 134 cm³/mol. The van der Waals surface area contributed by atoms with Gasteiger partial charge in [0.15, 0.2) is 0 Å². The molecule has 172 valence electrons. The van der Waals surface area contributed by atoms with E-state index in [4.69, 9.17) is 5.73 Å². The number of nitrogens with two attached hydrogens (primary N) is 1. The van der Waals surface area contributed by atoms with Crippen LogP contribution in [0.5, 0.6) is 0 Å². The highest BCUT2D eigenvalue weighted by Crippen LogP contribution is 2.33. The van der Waals surface area contributed by atoms with Crippen molar-refractivity contribution in [3.05, 3.63) is 123 Å². The number of halogens is 1. The van der Waals surface area contributed by atoms with Crippen molar-refractivity contribution in [1.29, 1.82) is 0 Å². The first-order valence-corrected chi connectivity index (χ1v) is 11.0. The third kappa shape index (κ3) is 4.91. The minimum atomic E-state index is -0.298. The monoisotopic (exact) mass is 455 g/mol. The molecule has 0 radical (unpaired) electrons. The summed E-state index contributed by atoms with van der Waals surface area (Å²) in [6.07, 6.45) is 2.01. The van der Waals surface area contributed by atoms with E-state index in [1.54, 1.807) is 25.4 Å². The van der Waals surface area contributed by atoms with Gasteiger partial charge in [-0.15, -0.1) is 0 Å². The Morgan fingerprint density at radius 3 is 2.24 bits per heavy atom. The highest BCUT2D eigenvalue weighted by Gasteiger charge is 2.21. The minimum absolute atomic E-state index is 0.148. The molecule has 0 aliphatic rings. The van der Waals surface area contributed by atoms with Crippen molar-refractivity contribution in [3.63, 3.8) is 0 Å². The Bertz CT molecular complexity index is 1390. The van der Waals surface area contributed by atoms with Crippen molar-refractivity contribution in [2.24, 2.45) is 12.2 Å². The number of oxime groups is 1. The summed E-state index contributed by atoms with van der Waals surface area (Å²) in [5.41, 5.74) is 12.3. The number of nitrogen functional groups attached to an aromatic ring is 1. The van der Waals surface area contributed by atoms with E-state index in [1.165, 1.54) is 22.8 Å². The molecule has 4 aromatic rings. The third-order valence-corrected chi connectivity index (χ3v) is 6.10. The summed E-state index contributed by atoms with van der Waals surface area (Å²) in [6, 6.07) is 23.6. The van der Waals surface area contributed by atoms with Gasteiger partial charge in [-0.2, -0.15) is 0 Å². The van der Waals surface area contributed by atoms with Gasteiger partial charge in [-0.3, -0.25) is 4.79 Å². The smallest absolute Gasteiger partial charge is 0.250 e. The SMILES string of the molecule is Cc1cc(F)ccc1C(C/C(=N/O)c1ccc(=O)n(C)c1)c1ccc(-c2ccc(N)cc2)cc1. The number of hydrogen-bond acceptors (Lipinski definition) is 4. The molecule has 3 N–H and O–H groups in total. The highest BCUT2D eigenvalue weighted by atomic mass is 19.1. The molecule has 0 amide bonds. The molecule has 0 fully saturated rings. The molecule has 1 heterocycles. The molecule has 0 aliphatic heterocycles. The fraction of sp³-hybridized carbons (Fsp3) is 0.143. The number of benzene rings is 3. The van der Waals surface area contributed by atoms with E-state index >= 15 is 0 Å². The van der Waals surface area contributed by atoms with Gasteiger partial charge in [-0.05, 0) is 65.1 Å². The largest absolute Gasteiger partial charge is 0.411 e. The molecule has 0 bridgehead atoms. The van der Waals surface area contributed by atoms with Crippen molar-refractivity contribution < 1.29 is 9.60 Å². The summed E-state index contributed by atoms with van der Waals surface area (Å²) in [7, 11) is 1.65. The van der Waals surface area contributed by atoms with Crippen LogP contribution in [0.15, 0.2) is 95.0 Å². The van der Waals surface area contributed by atoms with Crippen LogP contribution >= 0.6 is 0 Å². The van der Waals surface area contributed by atoms with E-state index in [0.29, 0.717) is 23.4 Å². The normalized spacial score (nSPS) is 12.5. The van der Waals surface area contributed by atoms with E-state index in [9.17, 15) is 14.4 Å². The van der Waals surface area contributed by atoms with Crippen LogP contribution in [-0.4, -0.2) is 15.5 Å². The van der Waals surface area contributed by atoms with Crippen LogP contribution in [0.25, 0.3) is 11.1 Å². The van der Waals surface area contributed by atoms with Crippen LogP contribution in [0, 0.1) is 12.7 Å². The summed E-state index contributed by atoms with van der Waals surface area (Å²) in [6.45, 7) is 1.87. The van der Waals surface area contributed by atoms with E-state index < -0.39 is 0 Å². The molecule has 1 unspecified atom stereocenters. The fourth-order valence-corrected chi connectivity index (χ4v) is 4.20. The molecule has 0 aliphatic carbocycles. The van der Waals surface area contributed by atoms with Gasteiger partial charge in [0.05, 0.1) is 5.71 Å². The quantitative estimate of drug-likeness (QED) is 0.175. The summed E-state index contributed by atoms with van der Waals surface area (Å²) in [4.78, 5) is 11.8. The Hall–Kier alpha value is -4.19. The number of pyridine rings is 1. The van der Waals surface area contributed by atoms with Gasteiger partial charge in [0.2, 0.25) is 5.56 Å². The second kappa shape index (κ2) is 9.75. The molecular weight excluding hydrogens is 429 g/mol. The predicted octanol–water partition coefficient (Wildman–Crippen LogP) is 5.48. The zero-order valence-electron chi connectivity index (χ0n) is 19.1. The number of nitrogens with zero attached hydrogens (tertiary/aromatic N) is 2. The Morgan fingerprint density at radius 2 is 1.65 bits per heavy atom. The van der Waals surface area contributed by atoms with Gasteiger partial charge in [0, 0.05) is 42.9 Å². The first-order chi connectivity index (χ1) is 16.4. The summed E-state index contributed by atoms with van der Waals surface area (Å²) >= 11 is 0. The van der Waals surface area contributed by atoms with Crippen LogP contribution in [0.4, 0.5) is 10.1 Å². The van der Waals surface area contributed by atoms with Crippen LogP contribution < -0.4 is 11.3 Å². The molecular formula is C28H26FN3O2. The van der Waals surface area contributed by atoms with Crippen LogP contribution in [0.3, 0.4) is 0 Å². The fourth-order valence-electron chi connectivity index (χ4n) is 4.20. The maximum atomic E-state index is 13.9. The molecule has 1 atom stereocenters. The molecule has 4 rings (SSSR count). The Kier molecular flexibility index (Phi) is 6.59. The maximum Gasteiger partial charge on any atom is 0.250 e. The Labute approximate surface area is 197 Å². The van der Waals surface area contributed by atoms with Crippen molar-refractivity contribution in [2.45, 2.75) is 19.3 Å². The average molecular weight is 456 g/mol. The molecule has 5 nitrogen and oxygen atoms in total. The van der Waals surface area contributed by atoms with E-state index in [0.717, 1.165) is 27.8 Å². The lowest BCUT2D eigenvalue weighted by Crippen LogP contribution is -2.18. The van der Waals surface area contributed by atoms with E-state index in [2.05, 4.69) is 5.16 Å². The molecule has 6 heteroatoms. The van der Waals surface area contributed by atoms with Crippen molar-refractivity contribution in [1.82, 2.24) is 4.57 Å². The standard InChI is InChI=1S/C28H26FN3O2/c1-18-15-23(29)10-13-25(18)26(16-27(31-34)22-9-14-28(33)32(2)17-22)21-5-3-19(4-6-21)20-7-11-24(30)12-8-20/h3-15,17,26,34H,16,30H2,1-2H3/b31-27-. The van der Waals surface area contributed by atoms with Gasteiger partial charge in [-0.25, -0.2) is 4.39 Å². The lowest BCUT2D eigenvalue weighted by Gasteiger charge is -2.21. The zero-order valence-corrected chi connectivity index (χ0v) is 19.1. The average Bonchev–Trinajstić information content (AvgIpc) is 2.83. The van der Waals surface area contributed by atoms with Gasteiger partial charge >= 0.3 is 0 Å². The zero-order chi connectivity index (χ0) is 24.2. The molecule has 0 saturated carbocycles. The lowest BCUT2D eigenvalue weighted by molar-refractivity contribution is 0.317. The maximum absolute atomic E-state index is 13.9. The topological polar surface area (TPSA) is 80.6 Å². The second-order valence-electron chi connectivity index (χ2n) is 8.42. The molecule has 1 aromatic heterocycles. The summed E-state index contributed by atoms with van der Waals surface area (Å²) in [5, 5.41) is 13.4. The molecule has 0 spiro atoms. The van der Waals surface area contributed by atoms with E-state index in [1.807, 2.05) is 55.5 Å². The van der Waals surface area contributed by atoms with Gasteiger partial charge in [0.1, 0.15) is 5.82 Å². The highest BCUT2D eigenvalue weighted by molar-refractivity contribution is 6.00. The van der Waals surface area contributed by atoms with Gasteiger partial charge < -0.3 is 15.5 Å². The van der Waals surface area contributed by atoms with Gasteiger partial charge in [-0.1, -0.05) is 47.6 Å². The number of anilines is 1. The number of hydrogen-bond donors (Lipinski definition) is 2. The van der Waals surface area contributed by atoms with Crippen molar-refractivity contribution in [2.75, 3.05) is 5.73 Å². The van der Waals surface area contributed by atoms with Gasteiger partial charge in [0.25, 0.3) is 0 Å². The van der Waals surface area contributed by atoms with Crippen LogP contribution in [0.2, 0.25) is 0 Å². The first-order valence-electron chi connectivity index (χ1n) is 11.0. The second-order valence-corrected chi connectivity index (χ2v) is 8.42. The lowest BCUT2D eigenvalue weighted by atomic mass is 9.83. The van der Waals surface area contributed by atoms with Crippen molar-refractivity contribution >= 4 is 11.4 Å². The number of aromatic nitrogens is 1. The van der Waals surface area contributed by atoms with Crippen LogP contribution in [-0.2, 0) is 7.05 Å². The Morgan fingerprint density at radius 1 is 1.00 bits per heavy atom. The molecule has 34 heavy (non-hydrogen) atoms. The van der Waals surface area contributed by atoms with Crippen molar-refractivity contribution in [3.8, 4) is 11.1 Å². The van der Waals surface area contributed by atoms with Crippen LogP contribution in [0.1, 0.15) is 34.6 Å².